The molecule has 1 aromatic heterocycles. The zero-order valence-corrected chi connectivity index (χ0v) is 14.0. The van der Waals surface area contributed by atoms with Crippen LogP contribution in [-0.4, -0.2) is 25.0 Å². The quantitative estimate of drug-likeness (QED) is 0.760. The van der Waals surface area contributed by atoms with Crippen molar-refractivity contribution >= 4 is 5.91 Å². The number of nitrogens with one attached hydrogen (secondary N) is 1. The van der Waals surface area contributed by atoms with Crippen molar-refractivity contribution in [3.63, 3.8) is 0 Å². The van der Waals surface area contributed by atoms with Crippen LogP contribution in [0.1, 0.15) is 16.1 Å². The van der Waals surface area contributed by atoms with Gasteiger partial charge in [0.05, 0.1) is 19.2 Å². The zero-order valence-electron chi connectivity index (χ0n) is 14.0. The lowest BCUT2D eigenvalue weighted by Crippen LogP contribution is -2.23. The molecule has 0 spiro atoms. The van der Waals surface area contributed by atoms with Gasteiger partial charge in [-0.1, -0.05) is 17.3 Å². The van der Waals surface area contributed by atoms with E-state index < -0.39 is 0 Å². The number of benzene rings is 2. The summed E-state index contributed by atoms with van der Waals surface area (Å²) >= 11 is 0. The van der Waals surface area contributed by atoms with E-state index >= 15 is 0 Å². The van der Waals surface area contributed by atoms with Gasteiger partial charge in [0.2, 0.25) is 6.79 Å². The van der Waals surface area contributed by atoms with Gasteiger partial charge in [-0.3, -0.25) is 4.79 Å². The first-order valence-corrected chi connectivity index (χ1v) is 8.01. The lowest BCUT2D eigenvalue weighted by atomic mass is 10.1. The average molecular weight is 352 g/mol. The second kappa shape index (κ2) is 6.79. The number of carbonyl (C=O) groups excluding carboxylic acids is 1. The molecule has 0 fully saturated rings. The van der Waals surface area contributed by atoms with Crippen LogP contribution in [0.5, 0.6) is 17.2 Å². The van der Waals surface area contributed by atoms with E-state index in [2.05, 4.69) is 10.5 Å². The van der Waals surface area contributed by atoms with Crippen LogP contribution >= 0.6 is 0 Å². The summed E-state index contributed by atoms with van der Waals surface area (Å²) in [5, 5.41) is 6.81. The van der Waals surface area contributed by atoms with Gasteiger partial charge in [0.15, 0.2) is 17.3 Å². The maximum Gasteiger partial charge on any atom is 0.255 e. The molecule has 0 atom stereocenters. The van der Waals surface area contributed by atoms with Crippen molar-refractivity contribution in [1.29, 1.82) is 0 Å². The predicted octanol–water partition coefficient (Wildman–Crippen LogP) is 3.01. The first-order chi connectivity index (χ1) is 12.7. The van der Waals surface area contributed by atoms with Gasteiger partial charge in [-0.25, -0.2) is 0 Å². The second-order valence-corrected chi connectivity index (χ2v) is 5.63. The number of nitrogens with zero attached hydrogens (tertiary/aromatic N) is 1. The molecule has 1 aliphatic rings. The molecule has 1 N–H and O–H groups in total. The van der Waals surface area contributed by atoms with Crippen molar-refractivity contribution in [2.24, 2.45) is 0 Å². The molecule has 0 saturated carbocycles. The van der Waals surface area contributed by atoms with Gasteiger partial charge < -0.3 is 24.1 Å². The summed E-state index contributed by atoms with van der Waals surface area (Å²) in [6.07, 6.45) is 0. The van der Waals surface area contributed by atoms with Crippen LogP contribution in [0.25, 0.3) is 11.3 Å². The Hall–Kier alpha value is -3.48. The van der Waals surface area contributed by atoms with Crippen molar-refractivity contribution in [2.45, 2.75) is 6.54 Å². The summed E-state index contributed by atoms with van der Waals surface area (Å²) < 4.78 is 21.2. The fourth-order valence-corrected chi connectivity index (χ4v) is 2.68. The molecule has 7 nitrogen and oxygen atoms in total. The van der Waals surface area contributed by atoms with Crippen molar-refractivity contribution in [3.8, 4) is 28.6 Å². The standard InChI is InChI=1S/C19H16N2O5/c1-23-15-5-3-2-4-14(15)19(22)20-10-13-9-17(26-21-13)12-6-7-16-18(8-12)25-11-24-16/h2-9H,10-11H2,1H3,(H,20,22). The number of methoxy groups -OCH3 is 1. The van der Waals surface area contributed by atoms with Crippen molar-refractivity contribution in [2.75, 3.05) is 13.9 Å². The Bertz CT molecular complexity index is 951. The predicted molar refractivity (Wildman–Crippen MR) is 92.2 cm³/mol. The summed E-state index contributed by atoms with van der Waals surface area (Å²) in [6, 6.07) is 14.3. The fourth-order valence-electron chi connectivity index (χ4n) is 2.68. The fraction of sp³-hybridized carbons (Fsp3) is 0.158. The molecule has 132 valence electrons. The highest BCUT2D eigenvalue weighted by Gasteiger charge is 2.16. The lowest BCUT2D eigenvalue weighted by molar-refractivity contribution is 0.0947. The molecule has 0 radical (unpaired) electrons. The monoisotopic (exact) mass is 352 g/mol. The van der Waals surface area contributed by atoms with Gasteiger partial charge in [-0.2, -0.15) is 0 Å². The number of amides is 1. The highest BCUT2D eigenvalue weighted by Crippen LogP contribution is 2.36. The molecule has 1 amide bonds. The van der Waals surface area contributed by atoms with E-state index in [-0.39, 0.29) is 19.2 Å². The maximum atomic E-state index is 12.3. The maximum absolute atomic E-state index is 12.3. The summed E-state index contributed by atoms with van der Waals surface area (Å²) in [5.74, 6) is 2.24. The highest BCUT2D eigenvalue weighted by molar-refractivity contribution is 5.96. The molecule has 0 bridgehead atoms. The van der Waals surface area contributed by atoms with E-state index in [1.165, 1.54) is 7.11 Å². The Morgan fingerprint density at radius 3 is 2.88 bits per heavy atom. The van der Waals surface area contributed by atoms with Crippen LogP contribution in [0.3, 0.4) is 0 Å². The summed E-state index contributed by atoms with van der Waals surface area (Å²) in [6.45, 7) is 0.459. The van der Waals surface area contributed by atoms with Crippen LogP contribution in [0.4, 0.5) is 0 Å². The molecule has 3 aromatic rings. The van der Waals surface area contributed by atoms with Crippen LogP contribution in [0.15, 0.2) is 53.1 Å². The third-order valence-electron chi connectivity index (χ3n) is 4.00. The SMILES string of the molecule is COc1ccccc1C(=O)NCc1cc(-c2ccc3c(c2)OCO3)on1. The summed E-state index contributed by atoms with van der Waals surface area (Å²) in [4.78, 5) is 12.3. The largest absolute Gasteiger partial charge is 0.496 e. The molecule has 2 aromatic carbocycles. The summed E-state index contributed by atoms with van der Waals surface area (Å²) in [5.41, 5.74) is 1.90. The Balaban J connectivity index is 1.45. The molecule has 26 heavy (non-hydrogen) atoms. The van der Waals surface area contributed by atoms with Gasteiger partial charge in [0.1, 0.15) is 11.4 Å². The van der Waals surface area contributed by atoms with Crippen LogP contribution in [-0.2, 0) is 6.54 Å². The Labute approximate surface area is 149 Å². The van der Waals surface area contributed by atoms with E-state index in [1.54, 1.807) is 24.3 Å². The molecule has 0 saturated heterocycles. The Morgan fingerprint density at radius 2 is 2.00 bits per heavy atom. The number of para-hydroxylation sites is 1. The number of aromatic nitrogens is 1. The average Bonchev–Trinajstić information content (AvgIpc) is 3.34. The molecule has 2 heterocycles. The number of fused-ring (bicyclic) bond motifs is 1. The van der Waals surface area contributed by atoms with Crippen molar-refractivity contribution in [3.05, 3.63) is 59.8 Å². The van der Waals surface area contributed by atoms with Crippen LogP contribution in [0.2, 0.25) is 0 Å². The molecule has 4 rings (SSSR count). The molecule has 1 aliphatic heterocycles. The molecule has 0 aliphatic carbocycles. The lowest BCUT2D eigenvalue weighted by Gasteiger charge is -2.07. The highest BCUT2D eigenvalue weighted by atomic mass is 16.7. The van der Waals surface area contributed by atoms with Gasteiger partial charge in [-0.15, -0.1) is 0 Å². The smallest absolute Gasteiger partial charge is 0.255 e. The minimum Gasteiger partial charge on any atom is -0.496 e. The zero-order chi connectivity index (χ0) is 17.9. The molecular formula is C19H16N2O5. The van der Waals surface area contributed by atoms with Gasteiger partial charge in [0, 0.05) is 11.6 Å². The van der Waals surface area contributed by atoms with Crippen molar-refractivity contribution < 1.29 is 23.5 Å². The minimum atomic E-state index is -0.241. The number of rotatable bonds is 5. The van der Waals surface area contributed by atoms with Crippen molar-refractivity contribution in [1.82, 2.24) is 10.5 Å². The number of carbonyl (C=O) groups is 1. The van der Waals surface area contributed by atoms with Gasteiger partial charge in [0.25, 0.3) is 5.91 Å². The van der Waals surface area contributed by atoms with Crippen LogP contribution in [0, 0.1) is 0 Å². The van der Waals surface area contributed by atoms with Crippen LogP contribution < -0.4 is 19.5 Å². The molecule has 7 heteroatoms. The first kappa shape index (κ1) is 16.0. The number of hydrogen-bond donors (Lipinski definition) is 1. The topological polar surface area (TPSA) is 82.8 Å². The van der Waals surface area contributed by atoms with E-state index in [0.29, 0.717) is 34.3 Å². The number of hydrogen-bond acceptors (Lipinski definition) is 6. The summed E-state index contributed by atoms with van der Waals surface area (Å²) in [7, 11) is 1.53. The van der Waals surface area contributed by atoms with E-state index in [4.69, 9.17) is 18.7 Å². The van der Waals surface area contributed by atoms with E-state index in [1.807, 2.05) is 24.3 Å². The Kier molecular flexibility index (Phi) is 4.18. The first-order valence-electron chi connectivity index (χ1n) is 8.01. The Morgan fingerprint density at radius 1 is 1.15 bits per heavy atom. The normalized spacial score (nSPS) is 12.0. The van der Waals surface area contributed by atoms with E-state index in [9.17, 15) is 4.79 Å². The molecule has 0 unspecified atom stereocenters. The minimum absolute atomic E-state index is 0.218. The molecular weight excluding hydrogens is 336 g/mol. The van der Waals surface area contributed by atoms with E-state index in [0.717, 1.165) is 5.56 Å². The second-order valence-electron chi connectivity index (χ2n) is 5.63. The third kappa shape index (κ3) is 3.06. The third-order valence-corrected chi connectivity index (χ3v) is 4.00. The van der Waals surface area contributed by atoms with Gasteiger partial charge in [-0.05, 0) is 30.3 Å². The number of ether oxygens (including phenoxy) is 3. The van der Waals surface area contributed by atoms with Gasteiger partial charge >= 0.3 is 0 Å².